The summed E-state index contributed by atoms with van der Waals surface area (Å²) < 4.78 is 2.65. The van der Waals surface area contributed by atoms with E-state index in [2.05, 4.69) is 157 Å². The van der Waals surface area contributed by atoms with Crippen molar-refractivity contribution < 1.29 is 0 Å². The first-order valence-electron chi connectivity index (χ1n) is 17.6. The number of hydrogen-bond donors (Lipinski definition) is 0. The summed E-state index contributed by atoms with van der Waals surface area (Å²) in [6, 6.07) is 48.6. The van der Waals surface area contributed by atoms with Gasteiger partial charge in [-0.05, 0) is 85.8 Å². The van der Waals surface area contributed by atoms with Crippen molar-refractivity contribution in [2.75, 3.05) is 11.4 Å². The molecule has 2 aromatic heterocycles. The van der Waals surface area contributed by atoms with Crippen LogP contribution in [0.1, 0.15) is 18.9 Å². The molecular formula is C47H33N3S. The molecule has 0 aliphatic carbocycles. The predicted octanol–water partition coefficient (Wildman–Crippen LogP) is 13.1. The zero-order valence-electron chi connectivity index (χ0n) is 28.2. The van der Waals surface area contributed by atoms with Crippen LogP contribution in [-0.4, -0.2) is 16.5 Å². The predicted molar refractivity (Wildman–Crippen MR) is 219 cm³/mol. The van der Waals surface area contributed by atoms with Gasteiger partial charge in [0, 0.05) is 44.0 Å². The lowest BCUT2D eigenvalue weighted by molar-refractivity contribution is 0.985. The van der Waals surface area contributed by atoms with Crippen LogP contribution in [0.4, 0.5) is 11.6 Å². The standard InChI is InChI=1S/C47H33N3S/c1-2-30-12-9-10-27-50(44-24-22-31(28-41(30)44)33-18-11-19-40-39-17-7-8-20-45(39)51-46(33)40)47-48-26-25-43(49-47)32-21-23-38-36-15-4-3-13-34(36)35-14-5-6-16-37(35)42(38)29-32/h3-26,28-29H,2,27H2,1H3/b10-9-,30-12+. The summed E-state index contributed by atoms with van der Waals surface area (Å²) in [4.78, 5) is 12.4. The summed E-state index contributed by atoms with van der Waals surface area (Å²) >= 11 is 1.88. The molecule has 3 nitrogen and oxygen atoms in total. The average Bonchev–Trinajstić information content (AvgIpc) is 3.57. The van der Waals surface area contributed by atoms with Crippen LogP contribution >= 0.6 is 11.3 Å². The Labute approximate surface area is 300 Å². The molecule has 0 N–H and O–H groups in total. The van der Waals surface area contributed by atoms with E-state index in [-0.39, 0.29) is 0 Å². The van der Waals surface area contributed by atoms with Gasteiger partial charge in [0.25, 0.3) is 0 Å². The lowest BCUT2D eigenvalue weighted by Gasteiger charge is -2.27. The molecule has 0 bridgehead atoms. The fourth-order valence-electron chi connectivity index (χ4n) is 7.91. The van der Waals surface area contributed by atoms with Crippen LogP contribution in [0.15, 0.2) is 158 Å². The SMILES string of the molecule is CC/C1=C\C=C/CN(c2nccc(-c3ccc4c5ccccc5c5ccccc5c4c3)n2)c2ccc(-c3cccc4c3sc3ccccc34)cc21. The summed E-state index contributed by atoms with van der Waals surface area (Å²) in [6.07, 6.45) is 9.46. The molecule has 0 unspecified atom stereocenters. The number of thiophene rings is 1. The van der Waals surface area contributed by atoms with Crippen molar-refractivity contribution >= 4 is 81.0 Å². The smallest absolute Gasteiger partial charge is 0.230 e. The molecule has 4 heteroatoms. The maximum atomic E-state index is 5.25. The van der Waals surface area contributed by atoms with Gasteiger partial charge >= 0.3 is 0 Å². The number of nitrogens with zero attached hydrogens (tertiary/aromatic N) is 3. The Hall–Kier alpha value is -6.10. The fourth-order valence-corrected chi connectivity index (χ4v) is 9.15. The maximum Gasteiger partial charge on any atom is 0.230 e. The Balaban J connectivity index is 1.10. The van der Waals surface area contributed by atoms with Gasteiger partial charge in [-0.1, -0.05) is 128 Å². The van der Waals surface area contributed by atoms with Crippen LogP contribution in [-0.2, 0) is 0 Å². The molecule has 0 fully saturated rings. The monoisotopic (exact) mass is 671 g/mol. The molecule has 0 radical (unpaired) electrons. The van der Waals surface area contributed by atoms with E-state index in [1.165, 1.54) is 74.8 Å². The molecule has 242 valence electrons. The highest BCUT2D eigenvalue weighted by Gasteiger charge is 2.21. The molecule has 51 heavy (non-hydrogen) atoms. The first-order valence-corrected chi connectivity index (χ1v) is 18.4. The number of hydrogen-bond acceptors (Lipinski definition) is 4. The lowest BCUT2D eigenvalue weighted by Crippen LogP contribution is -2.21. The quantitative estimate of drug-likeness (QED) is 0.174. The van der Waals surface area contributed by atoms with E-state index in [1.807, 2.05) is 23.6 Å². The van der Waals surface area contributed by atoms with Crippen molar-refractivity contribution in [3.05, 3.63) is 163 Å². The van der Waals surface area contributed by atoms with E-state index in [0.717, 1.165) is 23.4 Å². The lowest BCUT2D eigenvalue weighted by atomic mass is 9.93. The van der Waals surface area contributed by atoms with Crippen LogP contribution < -0.4 is 4.90 Å². The van der Waals surface area contributed by atoms with Crippen LogP contribution in [0, 0.1) is 0 Å². The number of benzene rings is 7. The summed E-state index contributed by atoms with van der Waals surface area (Å²) in [5, 5.41) is 10.2. The number of fused-ring (bicyclic) bond motifs is 10. The van der Waals surface area contributed by atoms with Gasteiger partial charge in [0.2, 0.25) is 5.95 Å². The minimum absolute atomic E-state index is 0.670. The van der Waals surface area contributed by atoms with Crippen LogP contribution in [0.3, 0.4) is 0 Å². The van der Waals surface area contributed by atoms with Gasteiger partial charge in [0.1, 0.15) is 0 Å². The topological polar surface area (TPSA) is 29.0 Å². The molecule has 3 heterocycles. The summed E-state index contributed by atoms with van der Waals surface area (Å²) in [5.41, 5.74) is 8.11. The second-order valence-corrected chi connectivity index (χ2v) is 14.2. The van der Waals surface area contributed by atoms with E-state index in [9.17, 15) is 0 Å². The van der Waals surface area contributed by atoms with Crippen molar-refractivity contribution in [3.8, 4) is 22.4 Å². The Kier molecular flexibility index (Phi) is 7.03. The average molecular weight is 672 g/mol. The van der Waals surface area contributed by atoms with E-state index in [0.29, 0.717) is 12.5 Å². The van der Waals surface area contributed by atoms with Crippen molar-refractivity contribution in [1.29, 1.82) is 0 Å². The minimum atomic E-state index is 0.670. The fraction of sp³-hybridized carbons (Fsp3) is 0.0638. The molecule has 10 rings (SSSR count). The van der Waals surface area contributed by atoms with E-state index in [1.54, 1.807) is 0 Å². The molecule has 0 atom stereocenters. The van der Waals surface area contributed by atoms with Gasteiger partial charge in [0.05, 0.1) is 11.4 Å². The normalized spacial score (nSPS) is 14.8. The van der Waals surface area contributed by atoms with Crippen molar-refractivity contribution in [2.45, 2.75) is 13.3 Å². The van der Waals surface area contributed by atoms with Gasteiger partial charge in [-0.3, -0.25) is 0 Å². The van der Waals surface area contributed by atoms with Gasteiger partial charge in [0.15, 0.2) is 0 Å². The molecular weight excluding hydrogens is 639 g/mol. The molecule has 0 saturated carbocycles. The second kappa shape index (κ2) is 12.0. The van der Waals surface area contributed by atoms with Crippen molar-refractivity contribution in [2.24, 2.45) is 0 Å². The highest BCUT2D eigenvalue weighted by atomic mass is 32.1. The Morgan fingerprint density at radius 1 is 0.608 bits per heavy atom. The second-order valence-electron chi connectivity index (χ2n) is 13.2. The molecule has 0 amide bonds. The van der Waals surface area contributed by atoms with Crippen LogP contribution in [0.2, 0.25) is 0 Å². The Morgan fingerprint density at radius 2 is 1.29 bits per heavy atom. The van der Waals surface area contributed by atoms with Gasteiger partial charge in [-0.15, -0.1) is 11.3 Å². The largest absolute Gasteiger partial charge is 0.306 e. The van der Waals surface area contributed by atoms with Gasteiger partial charge in [-0.25, -0.2) is 9.97 Å². The van der Waals surface area contributed by atoms with E-state index >= 15 is 0 Å². The zero-order chi connectivity index (χ0) is 33.9. The molecule has 7 aromatic carbocycles. The van der Waals surface area contributed by atoms with Crippen LogP contribution in [0.5, 0.6) is 0 Å². The molecule has 1 aliphatic heterocycles. The third-order valence-corrected chi connectivity index (χ3v) is 11.6. The number of allylic oxidation sites excluding steroid dienone is 3. The third kappa shape index (κ3) is 4.86. The highest BCUT2D eigenvalue weighted by Crippen LogP contribution is 2.43. The van der Waals surface area contributed by atoms with Crippen molar-refractivity contribution in [1.82, 2.24) is 9.97 Å². The Bertz CT molecular complexity index is 2860. The summed E-state index contributed by atoms with van der Waals surface area (Å²) in [5.74, 6) is 0.693. The van der Waals surface area contributed by atoms with Crippen molar-refractivity contribution in [3.63, 3.8) is 0 Å². The first kappa shape index (κ1) is 29.8. The van der Waals surface area contributed by atoms with Gasteiger partial charge < -0.3 is 4.90 Å². The minimum Gasteiger partial charge on any atom is -0.306 e. The third-order valence-electron chi connectivity index (χ3n) is 10.4. The maximum absolute atomic E-state index is 5.25. The number of aromatic nitrogens is 2. The molecule has 9 aromatic rings. The van der Waals surface area contributed by atoms with E-state index < -0.39 is 0 Å². The summed E-state index contributed by atoms with van der Waals surface area (Å²) in [7, 11) is 0. The van der Waals surface area contributed by atoms with Crippen LogP contribution in [0.25, 0.3) is 80.4 Å². The molecule has 1 aliphatic rings. The zero-order valence-corrected chi connectivity index (χ0v) is 29.0. The van der Waals surface area contributed by atoms with E-state index in [4.69, 9.17) is 9.97 Å². The Morgan fingerprint density at radius 3 is 2.08 bits per heavy atom. The number of rotatable bonds is 4. The molecule has 0 saturated heterocycles. The van der Waals surface area contributed by atoms with Gasteiger partial charge in [-0.2, -0.15) is 0 Å². The summed E-state index contributed by atoms with van der Waals surface area (Å²) in [6.45, 7) is 2.90. The molecule has 0 spiro atoms. The highest BCUT2D eigenvalue weighted by molar-refractivity contribution is 7.26. The number of anilines is 2. The first-order chi connectivity index (χ1) is 25.2.